The molecule has 0 atom stereocenters. The molecular weight excluding hydrogens is 392 g/mol. The summed E-state index contributed by atoms with van der Waals surface area (Å²) in [6, 6.07) is 9.78. The van der Waals surface area contributed by atoms with Crippen molar-refractivity contribution in [3.8, 4) is 0 Å². The van der Waals surface area contributed by atoms with Crippen LogP contribution in [0.3, 0.4) is 0 Å². The summed E-state index contributed by atoms with van der Waals surface area (Å²) in [7, 11) is 0. The number of hydrogen-bond donors (Lipinski definition) is 1. The highest BCUT2D eigenvalue weighted by Gasteiger charge is 2.30. The molecule has 0 unspecified atom stereocenters. The van der Waals surface area contributed by atoms with Gasteiger partial charge in [0.2, 0.25) is 5.91 Å². The summed E-state index contributed by atoms with van der Waals surface area (Å²) < 4.78 is 57.4. The van der Waals surface area contributed by atoms with Gasteiger partial charge in [0.25, 0.3) is 0 Å². The van der Waals surface area contributed by atoms with Gasteiger partial charge in [-0.2, -0.15) is 13.2 Å². The summed E-state index contributed by atoms with van der Waals surface area (Å²) in [5.41, 5.74) is -1.57. The van der Waals surface area contributed by atoms with Gasteiger partial charge in [0.05, 0.1) is 17.7 Å². The Bertz CT molecular complexity index is 892. The Morgan fingerprint density at radius 3 is 2.31 bits per heavy atom. The maximum Gasteiger partial charge on any atom is 0.443 e. The van der Waals surface area contributed by atoms with E-state index in [9.17, 15) is 27.2 Å². The molecule has 29 heavy (non-hydrogen) atoms. The van der Waals surface area contributed by atoms with Crippen molar-refractivity contribution < 1.29 is 32.0 Å². The molecule has 156 valence electrons. The maximum absolute atomic E-state index is 14.2. The smallest absolute Gasteiger partial charge is 0.442 e. The third kappa shape index (κ3) is 6.78. The van der Waals surface area contributed by atoms with Gasteiger partial charge in [0.15, 0.2) is 0 Å². The van der Waals surface area contributed by atoms with Crippen LogP contribution in [0.15, 0.2) is 48.5 Å². The number of nitrogens with one attached hydrogen (secondary N) is 1. The Balaban J connectivity index is 2.06. The Kier molecular flexibility index (Phi) is 6.51. The average molecular weight is 412 g/mol. The molecule has 0 heterocycles. The molecule has 1 N–H and O–H groups in total. The minimum absolute atomic E-state index is 0.170. The standard InChI is InChI=1S/C20H20F4N2O3/c1-19(2,3)29-18(28)26(24)16-9-5-8-15(12-16)25-17(27)11-13-6-4-7-14(10-13)20(21,22)23/h4-10,12H,11H2,1-3H3,(H,25,27). The van der Waals surface area contributed by atoms with Crippen molar-refractivity contribution in [3.05, 3.63) is 59.7 Å². The summed E-state index contributed by atoms with van der Waals surface area (Å²) >= 11 is 0. The van der Waals surface area contributed by atoms with E-state index in [1.54, 1.807) is 20.8 Å². The number of anilines is 2. The van der Waals surface area contributed by atoms with E-state index in [0.29, 0.717) is 0 Å². The Morgan fingerprint density at radius 2 is 1.69 bits per heavy atom. The topological polar surface area (TPSA) is 58.6 Å². The van der Waals surface area contributed by atoms with Crippen LogP contribution >= 0.6 is 0 Å². The highest BCUT2D eigenvalue weighted by molar-refractivity contribution is 5.93. The van der Waals surface area contributed by atoms with Gasteiger partial charge in [-0.25, -0.2) is 4.79 Å². The van der Waals surface area contributed by atoms with Gasteiger partial charge in [0, 0.05) is 5.69 Å². The summed E-state index contributed by atoms with van der Waals surface area (Å²) in [4.78, 5) is 24.0. The van der Waals surface area contributed by atoms with Crippen LogP contribution in [-0.2, 0) is 22.1 Å². The van der Waals surface area contributed by atoms with E-state index in [1.165, 1.54) is 36.4 Å². The molecule has 2 amide bonds. The second-order valence-electron chi connectivity index (χ2n) is 7.23. The highest BCUT2D eigenvalue weighted by atomic mass is 19.4. The van der Waals surface area contributed by atoms with Crippen molar-refractivity contribution in [1.82, 2.24) is 0 Å². The minimum Gasteiger partial charge on any atom is -0.442 e. The van der Waals surface area contributed by atoms with E-state index in [0.717, 1.165) is 12.1 Å². The summed E-state index contributed by atoms with van der Waals surface area (Å²) in [6.07, 6.45) is -6.03. The Hall–Kier alpha value is -3.10. The molecule has 0 aromatic heterocycles. The number of carbonyl (C=O) groups excluding carboxylic acids is 2. The fourth-order valence-corrected chi connectivity index (χ4v) is 2.36. The number of alkyl halides is 3. The lowest BCUT2D eigenvalue weighted by Gasteiger charge is -2.22. The van der Waals surface area contributed by atoms with E-state index < -0.39 is 29.3 Å². The SMILES string of the molecule is CC(C)(C)OC(=O)N(F)c1cccc(NC(=O)Cc2cccc(C(F)(F)F)c2)c1. The molecule has 9 heteroatoms. The van der Waals surface area contributed by atoms with E-state index in [4.69, 9.17) is 4.74 Å². The molecular formula is C20H20F4N2O3. The van der Waals surface area contributed by atoms with Crippen molar-refractivity contribution in [2.24, 2.45) is 0 Å². The van der Waals surface area contributed by atoms with Crippen LogP contribution in [0, 0.1) is 0 Å². The zero-order chi connectivity index (χ0) is 21.8. The van der Waals surface area contributed by atoms with Gasteiger partial charge >= 0.3 is 12.3 Å². The van der Waals surface area contributed by atoms with Crippen molar-refractivity contribution >= 4 is 23.4 Å². The zero-order valence-electron chi connectivity index (χ0n) is 16.0. The van der Waals surface area contributed by atoms with Crippen LogP contribution in [0.4, 0.5) is 33.8 Å². The molecule has 0 radical (unpaired) electrons. The van der Waals surface area contributed by atoms with Crippen LogP contribution in [0.5, 0.6) is 0 Å². The van der Waals surface area contributed by atoms with E-state index in [-0.39, 0.29) is 28.5 Å². The molecule has 2 rings (SSSR count). The number of benzene rings is 2. The lowest BCUT2D eigenvalue weighted by molar-refractivity contribution is -0.137. The van der Waals surface area contributed by atoms with E-state index in [2.05, 4.69) is 5.32 Å². The van der Waals surface area contributed by atoms with Gasteiger partial charge in [-0.3, -0.25) is 4.79 Å². The summed E-state index contributed by atoms with van der Waals surface area (Å²) in [5, 5.41) is 2.26. The van der Waals surface area contributed by atoms with Crippen LogP contribution in [0.2, 0.25) is 0 Å². The molecule has 0 saturated heterocycles. The lowest BCUT2D eigenvalue weighted by atomic mass is 10.1. The van der Waals surface area contributed by atoms with Crippen molar-refractivity contribution in [2.75, 3.05) is 10.4 Å². The lowest BCUT2D eigenvalue weighted by Crippen LogP contribution is -2.31. The second-order valence-corrected chi connectivity index (χ2v) is 7.23. The molecule has 0 saturated carbocycles. The zero-order valence-corrected chi connectivity index (χ0v) is 16.0. The van der Waals surface area contributed by atoms with Crippen LogP contribution in [0.25, 0.3) is 0 Å². The Labute approximate surface area is 165 Å². The first-order chi connectivity index (χ1) is 13.3. The number of ether oxygens (including phenoxy) is 1. The fraction of sp³-hybridized carbons (Fsp3) is 0.300. The van der Waals surface area contributed by atoms with E-state index >= 15 is 0 Å². The normalized spacial score (nSPS) is 11.7. The fourth-order valence-electron chi connectivity index (χ4n) is 2.36. The Morgan fingerprint density at radius 1 is 1.03 bits per heavy atom. The third-order valence-electron chi connectivity index (χ3n) is 3.53. The molecule has 5 nitrogen and oxygen atoms in total. The number of hydrogen-bond acceptors (Lipinski definition) is 3. The summed E-state index contributed by atoms with van der Waals surface area (Å²) in [6.45, 7) is 4.76. The first-order valence-electron chi connectivity index (χ1n) is 8.60. The number of amides is 2. The molecule has 2 aromatic rings. The predicted molar refractivity (Wildman–Crippen MR) is 100 cm³/mol. The molecule has 2 aromatic carbocycles. The quantitative estimate of drug-likeness (QED) is 0.532. The van der Waals surface area contributed by atoms with Crippen LogP contribution in [0.1, 0.15) is 31.9 Å². The highest BCUT2D eigenvalue weighted by Crippen LogP contribution is 2.29. The van der Waals surface area contributed by atoms with Crippen LogP contribution in [-0.4, -0.2) is 17.6 Å². The average Bonchev–Trinajstić information content (AvgIpc) is 2.59. The third-order valence-corrected chi connectivity index (χ3v) is 3.53. The monoisotopic (exact) mass is 412 g/mol. The molecule has 0 spiro atoms. The van der Waals surface area contributed by atoms with E-state index in [1.807, 2.05) is 0 Å². The maximum atomic E-state index is 14.2. The molecule has 0 aliphatic heterocycles. The molecule has 0 bridgehead atoms. The molecule has 0 aliphatic carbocycles. The van der Waals surface area contributed by atoms with Crippen molar-refractivity contribution in [3.63, 3.8) is 0 Å². The summed E-state index contributed by atoms with van der Waals surface area (Å²) in [5.74, 6) is -0.593. The van der Waals surface area contributed by atoms with Gasteiger partial charge in [0.1, 0.15) is 5.60 Å². The minimum atomic E-state index is -4.51. The number of halogens is 4. The second kappa shape index (κ2) is 8.50. The first kappa shape index (κ1) is 22.2. The number of nitrogens with zero attached hydrogens (tertiary/aromatic N) is 1. The number of carbonyl (C=O) groups is 2. The largest absolute Gasteiger partial charge is 0.443 e. The predicted octanol–water partition coefficient (Wildman–Crippen LogP) is 5.51. The first-order valence-corrected chi connectivity index (χ1v) is 8.60. The van der Waals surface area contributed by atoms with Crippen molar-refractivity contribution in [2.45, 2.75) is 39.0 Å². The number of rotatable bonds is 4. The van der Waals surface area contributed by atoms with Crippen molar-refractivity contribution in [1.29, 1.82) is 0 Å². The van der Waals surface area contributed by atoms with Gasteiger partial charge < -0.3 is 10.1 Å². The van der Waals surface area contributed by atoms with Gasteiger partial charge in [-0.05, 0) is 50.6 Å². The van der Waals surface area contributed by atoms with Gasteiger partial charge in [-0.15, -0.1) is 5.12 Å². The molecule has 0 aliphatic rings. The van der Waals surface area contributed by atoms with Gasteiger partial charge in [-0.1, -0.05) is 28.7 Å². The van der Waals surface area contributed by atoms with Crippen LogP contribution < -0.4 is 10.4 Å². The molecule has 0 fully saturated rings.